The number of carbonyl (C=O) groups excluding carboxylic acids is 3. The number of hydrogen-bond donors (Lipinski definition) is 1. The number of amides is 1. The second-order valence-electron chi connectivity index (χ2n) is 15.2. The summed E-state index contributed by atoms with van der Waals surface area (Å²) in [4.78, 5) is 40.4. The normalized spacial score (nSPS) is 14.4. The minimum Gasteiger partial charge on any atom is -0.465 e. The molecule has 2 unspecified atom stereocenters. The van der Waals surface area contributed by atoms with Crippen molar-refractivity contribution in [2.24, 2.45) is 0 Å². The maximum absolute atomic E-state index is 13.7. The fourth-order valence-corrected chi connectivity index (χ4v) is 10.3. The maximum Gasteiger partial charge on any atom is 0.407 e. The Kier molecular flexibility index (Phi) is 11.8. The van der Waals surface area contributed by atoms with E-state index in [1.165, 1.54) is 0 Å². The van der Waals surface area contributed by atoms with Crippen LogP contribution in [0, 0.1) is 0 Å². The quantitative estimate of drug-likeness (QED) is 0.0802. The van der Waals surface area contributed by atoms with E-state index in [-0.39, 0.29) is 43.2 Å². The Morgan fingerprint density at radius 1 is 0.600 bits per heavy atom. The van der Waals surface area contributed by atoms with E-state index >= 15 is 0 Å². The van der Waals surface area contributed by atoms with Gasteiger partial charge in [0.15, 0.2) is 0 Å². The summed E-state index contributed by atoms with van der Waals surface area (Å²) in [6.45, 7) is 13.8. The third-order valence-corrected chi connectivity index (χ3v) is 14.8. The predicted molar refractivity (Wildman–Crippen MR) is 204 cm³/mol. The molecule has 1 aliphatic carbocycles. The van der Waals surface area contributed by atoms with E-state index in [1.807, 2.05) is 84.9 Å². The zero-order chi connectivity index (χ0) is 35.9. The summed E-state index contributed by atoms with van der Waals surface area (Å²) in [5, 5.41) is 2.65. The van der Waals surface area contributed by atoms with E-state index in [2.05, 4.69) is 68.9 Å². The first-order chi connectivity index (χ1) is 23.8. The summed E-state index contributed by atoms with van der Waals surface area (Å²) in [5.41, 5.74) is 6.69. The first-order valence-electron chi connectivity index (χ1n) is 17.4. The first kappa shape index (κ1) is 36.8. The molecule has 0 saturated heterocycles. The fraction of sp³-hybridized carbons (Fsp3) is 0.341. The molecule has 1 N–H and O–H groups in total. The van der Waals surface area contributed by atoms with Gasteiger partial charge in [0.1, 0.15) is 12.6 Å². The smallest absolute Gasteiger partial charge is 0.407 e. The van der Waals surface area contributed by atoms with Crippen LogP contribution in [0.15, 0.2) is 109 Å². The molecule has 4 aromatic rings. The summed E-state index contributed by atoms with van der Waals surface area (Å²) in [5.74, 6) is -1.43. The molecule has 5 rings (SSSR count). The average molecular weight is 708 g/mol. The maximum atomic E-state index is 13.7. The van der Waals surface area contributed by atoms with Gasteiger partial charge in [-0.3, -0.25) is 4.79 Å². The van der Waals surface area contributed by atoms with Crippen molar-refractivity contribution < 1.29 is 28.6 Å². The van der Waals surface area contributed by atoms with Gasteiger partial charge in [0, 0.05) is 17.0 Å². The van der Waals surface area contributed by atoms with Gasteiger partial charge in [-0.2, -0.15) is 0 Å². The topological polar surface area (TPSA) is 90.9 Å². The number of esters is 2. The van der Waals surface area contributed by atoms with Crippen molar-refractivity contribution in [3.05, 3.63) is 131 Å². The molecular weight excluding hydrogens is 659 g/mol. The minimum absolute atomic E-state index is 0.0260. The lowest BCUT2D eigenvalue weighted by atomic mass is 9.98. The van der Waals surface area contributed by atoms with Crippen LogP contribution in [0.1, 0.15) is 45.7 Å². The number of rotatable bonds is 14. The Bertz CT molecular complexity index is 1720. The number of benzene rings is 4. The van der Waals surface area contributed by atoms with Gasteiger partial charge in [-0.25, -0.2) is 9.59 Å². The van der Waals surface area contributed by atoms with E-state index < -0.39 is 40.2 Å². The molecule has 50 heavy (non-hydrogen) atoms. The number of hydrogen-bond acceptors (Lipinski definition) is 6. The second-order valence-corrected chi connectivity index (χ2v) is 26.1. The van der Waals surface area contributed by atoms with Gasteiger partial charge in [-0.1, -0.05) is 148 Å². The fourth-order valence-electron chi connectivity index (χ4n) is 6.71. The van der Waals surface area contributed by atoms with Crippen LogP contribution in [0.25, 0.3) is 11.1 Å². The summed E-state index contributed by atoms with van der Waals surface area (Å²) < 4.78 is 17.5. The van der Waals surface area contributed by atoms with E-state index in [0.717, 1.165) is 33.4 Å². The van der Waals surface area contributed by atoms with Crippen LogP contribution >= 0.6 is 0 Å². The van der Waals surface area contributed by atoms with Crippen molar-refractivity contribution in [1.29, 1.82) is 0 Å². The van der Waals surface area contributed by atoms with Gasteiger partial charge < -0.3 is 19.5 Å². The van der Waals surface area contributed by atoms with Crippen molar-refractivity contribution in [3.63, 3.8) is 0 Å². The lowest BCUT2D eigenvalue weighted by Crippen LogP contribution is -2.45. The van der Waals surface area contributed by atoms with E-state index in [0.29, 0.717) is 0 Å². The molecular formula is C41H49NO6Si2. The molecule has 262 valence electrons. The summed E-state index contributed by atoms with van der Waals surface area (Å²) in [6.07, 6.45) is -1.17. The van der Waals surface area contributed by atoms with Crippen LogP contribution in [0.5, 0.6) is 0 Å². The van der Waals surface area contributed by atoms with E-state index in [1.54, 1.807) is 0 Å². The number of carbonyl (C=O) groups is 3. The van der Waals surface area contributed by atoms with Crippen molar-refractivity contribution in [2.45, 2.75) is 68.7 Å². The highest BCUT2D eigenvalue weighted by Gasteiger charge is 2.35. The highest BCUT2D eigenvalue weighted by molar-refractivity contribution is 6.78. The molecule has 0 spiro atoms. The largest absolute Gasteiger partial charge is 0.465 e. The molecule has 1 amide bonds. The van der Waals surface area contributed by atoms with Gasteiger partial charge in [0.2, 0.25) is 0 Å². The van der Waals surface area contributed by atoms with Crippen molar-refractivity contribution >= 4 is 34.2 Å². The molecule has 0 bridgehead atoms. The summed E-state index contributed by atoms with van der Waals surface area (Å²) in [6, 6.07) is 34.9. The minimum atomic E-state index is -1.83. The average Bonchev–Trinajstić information content (AvgIpc) is 3.40. The van der Waals surface area contributed by atoms with Gasteiger partial charge >= 0.3 is 18.0 Å². The van der Waals surface area contributed by atoms with E-state index in [9.17, 15) is 14.4 Å². The van der Waals surface area contributed by atoms with Crippen LogP contribution in [0.3, 0.4) is 0 Å². The first-order valence-corrected chi connectivity index (χ1v) is 24.5. The van der Waals surface area contributed by atoms with Gasteiger partial charge in [0.25, 0.3) is 0 Å². The predicted octanol–water partition coefficient (Wildman–Crippen LogP) is 8.69. The lowest BCUT2D eigenvalue weighted by molar-refractivity contribution is -0.152. The third kappa shape index (κ3) is 9.19. The van der Waals surface area contributed by atoms with E-state index in [4.69, 9.17) is 14.2 Å². The molecule has 4 aromatic carbocycles. The Balaban J connectivity index is 1.29. The van der Waals surface area contributed by atoms with Crippen LogP contribution in [0.4, 0.5) is 4.79 Å². The van der Waals surface area contributed by atoms with Crippen LogP contribution < -0.4 is 5.32 Å². The highest BCUT2D eigenvalue weighted by atomic mass is 28.3. The number of fused-ring (bicyclic) bond motifs is 3. The third-order valence-electron chi connectivity index (χ3n) is 9.59. The highest BCUT2D eigenvalue weighted by Crippen LogP contribution is 2.44. The molecule has 0 radical (unpaired) electrons. The van der Waals surface area contributed by atoms with Crippen LogP contribution in [0.2, 0.25) is 39.3 Å². The number of ether oxygens (including phenoxy) is 3. The molecule has 0 heterocycles. The van der Waals surface area contributed by atoms with Gasteiger partial charge in [-0.05, 0) is 33.4 Å². The monoisotopic (exact) mass is 707 g/mol. The SMILES string of the molecule is C[Si](C)(C)C(COC(=O)C[C@H](NC(=O)OCC1c2ccccc2-c2ccccc21)C(=O)OCC(c1ccccc1)[Si](C)(C)C)c1ccccc1. The number of nitrogens with one attached hydrogen (secondary N) is 1. The molecule has 7 nitrogen and oxygen atoms in total. The molecule has 0 aromatic heterocycles. The number of alkyl carbamates (subject to hydrolysis) is 1. The summed E-state index contributed by atoms with van der Waals surface area (Å²) in [7, 11) is -3.62. The summed E-state index contributed by atoms with van der Waals surface area (Å²) >= 11 is 0. The Hall–Kier alpha value is -4.48. The molecule has 0 aliphatic heterocycles. The van der Waals surface area contributed by atoms with Gasteiger partial charge in [-0.15, -0.1) is 0 Å². The Morgan fingerprint density at radius 3 is 1.52 bits per heavy atom. The molecule has 0 saturated carbocycles. The second kappa shape index (κ2) is 16.0. The zero-order valence-electron chi connectivity index (χ0n) is 30.0. The molecule has 9 heteroatoms. The van der Waals surface area contributed by atoms with Gasteiger partial charge in [0.05, 0.1) is 35.8 Å². The lowest BCUT2D eigenvalue weighted by Gasteiger charge is -2.30. The van der Waals surface area contributed by atoms with Crippen molar-refractivity contribution in [1.82, 2.24) is 5.32 Å². The van der Waals surface area contributed by atoms with Crippen LogP contribution in [-0.2, 0) is 23.8 Å². The zero-order valence-corrected chi connectivity index (χ0v) is 32.0. The Morgan fingerprint density at radius 2 is 1.04 bits per heavy atom. The Labute approximate surface area is 298 Å². The van der Waals surface area contributed by atoms with Crippen molar-refractivity contribution in [3.8, 4) is 11.1 Å². The standard InChI is InChI=1S/C41H49NO6Si2/c1-49(2,3)37(29-17-9-7-10-18-29)27-46-39(43)25-36(40(44)47-28-38(50(4,5)6)30-19-11-8-12-20-30)42-41(45)48-26-35-33-23-15-13-21-31(33)32-22-14-16-24-34(32)35/h7-24,35-38H,25-28H2,1-6H3,(H,42,45)/t36-,37?,38?/m0/s1. The van der Waals surface area contributed by atoms with Crippen LogP contribution in [-0.4, -0.2) is 60.0 Å². The molecule has 1 aliphatic rings. The van der Waals surface area contributed by atoms with Crippen molar-refractivity contribution in [2.75, 3.05) is 19.8 Å². The molecule has 0 fully saturated rings. The molecule has 3 atom stereocenters.